The van der Waals surface area contributed by atoms with Crippen LogP contribution < -0.4 is 0 Å². The first-order chi connectivity index (χ1) is 14.7. The van der Waals surface area contributed by atoms with Crippen molar-refractivity contribution < 1.29 is 24.2 Å². The van der Waals surface area contributed by atoms with E-state index in [1.165, 1.54) is 11.1 Å². The maximum absolute atomic E-state index is 12.4. The highest BCUT2D eigenvalue weighted by molar-refractivity contribution is 5.75. The summed E-state index contributed by atoms with van der Waals surface area (Å²) in [5.74, 6) is -0.727. The lowest BCUT2D eigenvalue weighted by Gasteiger charge is -2.44. The van der Waals surface area contributed by atoms with Gasteiger partial charge in [-0.2, -0.15) is 0 Å². The number of carbonyl (C=O) groups is 2. The molecule has 31 heavy (non-hydrogen) atoms. The first kappa shape index (κ1) is 27.3. The third-order valence-corrected chi connectivity index (χ3v) is 6.01. The summed E-state index contributed by atoms with van der Waals surface area (Å²) in [4.78, 5) is 24.6. The first-order valence-corrected chi connectivity index (χ1v) is 12.1. The highest BCUT2D eigenvalue weighted by Gasteiger charge is 2.48. The molecule has 178 valence electrons. The first-order valence-electron chi connectivity index (χ1n) is 12.1. The average molecular weight is 437 g/mol. The van der Waals surface area contributed by atoms with Crippen LogP contribution in [0.25, 0.3) is 0 Å². The summed E-state index contributed by atoms with van der Waals surface area (Å²) in [7, 11) is 0. The van der Waals surface area contributed by atoms with Gasteiger partial charge in [0.25, 0.3) is 0 Å². The quantitative estimate of drug-likeness (QED) is 0.231. The molecule has 0 bridgehead atoms. The van der Waals surface area contributed by atoms with Crippen molar-refractivity contribution in [2.75, 3.05) is 13.2 Å². The van der Waals surface area contributed by atoms with Crippen LogP contribution in [0.3, 0.4) is 0 Å². The minimum absolute atomic E-state index is 0.0433. The van der Waals surface area contributed by atoms with Crippen molar-refractivity contribution in [3.05, 3.63) is 23.3 Å². The number of hydrogen-bond acceptors (Lipinski definition) is 4. The van der Waals surface area contributed by atoms with E-state index in [4.69, 9.17) is 9.47 Å². The molecule has 1 N–H and O–H groups in total. The molecule has 0 spiro atoms. The van der Waals surface area contributed by atoms with Gasteiger partial charge in [-0.1, -0.05) is 78.5 Å². The number of ether oxygens (including phenoxy) is 2. The lowest BCUT2D eigenvalue weighted by molar-refractivity contribution is -0.145. The van der Waals surface area contributed by atoms with Gasteiger partial charge in [0.15, 0.2) is 0 Å². The lowest BCUT2D eigenvalue weighted by atomic mass is 9.61. The van der Waals surface area contributed by atoms with Gasteiger partial charge in [0.2, 0.25) is 0 Å². The van der Waals surface area contributed by atoms with Gasteiger partial charge in [0.1, 0.15) is 6.61 Å². The van der Waals surface area contributed by atoms with E-state index in [9.17, 15) is 14.7 Å². The van der Waals surface area contributed by atoms with Gasteiger partial charge in [0, 0.05) is 5.41 Å². The van der Waals surface area contributed by atoms with E-state index in [1.54, 1.807) is 0 Å². The smallest absolute Gasteiger partial charge is 0.481 e. The molecule has 0 amide bonds. The van der Waals surface area contributed by atoms with Crippen molar-refractivity contribution >= 4 is 12.1 Å². The van der Waals surface area contributed by atoms with Gasteiger partial charge in [-0.25, -0.2) is 4.79 Å². The third kappa shape index (κ3) is 8.34. The maximum Gasteiger partial charge on any atom is 0.508 e. The zero-order valence-electron chi connectivity index (χ0n) is 20.5. The molecule has 1 rings (SSSR count). The van der Waals surface area contributed by atoms with Crippen LogP contribution in [0.2, 0.25) is 0 Å². The molecule has 2 unspecified atom stereocenters. The largest absolute Gasteiger partial charge is 0.508 e. The highest BCUT2D eigenvalue weighted by Crippen LogP contribution is 2.50. The van der Waals surface area contributed by atoms with Crippen molar-refractivity contribution in [3.8, 4) is 0 Å². The predicted molar refractivity (Wildman–Crippen MR) is 125 cm³/mol. The van der Waals surface area contributed by atoms with Crippen LogP contribution in [-0.4, -0.2) is 30.4 Å². The Morgan fingerprint density at radius 3 is 2.29 bits per heavy atom. The van der Waals surface area contributed by atoms with Crippen LogP contribution in [0.5, 0.6) is 0 Å². The number of carboxylic acids is 1. The molecule has 0 aromatic heterocycles. The fraction of sp³-hybridized carbons (Fsp3) is 0.769. The molecule has 5 nitrogen and oxygen atoms in total. The summed E-state index contributed by atoms with van der Waals surface area (Å²) in [6.07, 6.45) is 10.3. The molecule has 5 heteroatoms. The molecule has 0 saturated carbocycles. The summed E-state index contributed by atoms with van der Waals surface area (Å²) in [6, 6.07) is 0. The lowest BCUT2D eigenvalue weighted by Crippen LogP contribution is -2.44. The van der Waals surface area contributed by atoms with Gasteiger partial charge in [-0.05, 0) is 49.5 Å². The second kappa shape index (κ2) is 13.6. The molecule has 0 saturated heterocycles. The number of hydrogen-bond donors (Lipinski definition) is 1. The topological polar surface area (TPSA) is 72.8 Å². The van der Waals surface area contributed by atoms with E-state index in [-0.39, 0.29) is 12.5 Å². The minimum Gasteiger partial charge on any atom is -0.481 e. The molecule has 2 atom stereocenters. The molecule has 0 aliphatic heterocycles. The number of allylic oxidation sites excluding steroid dienone is 2. The fourth-order valence-corrected chi connectivity index (χ4v) is 4.67. The van der Waals surface area contributed by atoms with Crippen molar-refractivity contribution in [3.63, 3.8) is 0 Å². The van der Waals surface area contributed by atoms with Crippen LogP contribution >= 0.6 is 0 Å². The van der Waals surface area contributed by atoms with Crippen molar-refractivity contribution in [2.45, 2.75) is 92.9 Å². The van der Waals surface area contributed by atoms with E-state index in [1.807, 2.05) is 19.1 Å². The number of carbonyl (C=O) groups excluding carboxylic acids is 1. The Hall–Kier alpha value is -1.78. The van der Waals surface area contributed by atoms with Crippen LogP contribution in [0.1, 0.15) is 92.9 Å². The second-order valence-electron chi connectivity index (χ2n) is 9.71. The predicted octanol–water partition coefficient (Wildman–Crippen LogP) is 7.17. The van der Waals surface area contributed by atoms with Gasteiger partial charge in [-0.15, -0.1) is 0 Å². The molecule has 0 heterocycles. The third-order valence-electron chi connectivity index (χ3n) is 6.01. The summed E-state index contributed by atoms with van der Waals surface area (Å²) in [5.41, 5.74) is 1.65. The molecular formula is C26H44O5. The van der Waals surface area contributed by atoms with Gasteiger partial charge < -0.3 is 14.6 Å². The Balaban J connectivity index is 3.33. The molecule has 0 fully saturated rings. The molecule has 1 aliphatic carbocycles. The Labute approximate surface area is 189 Å². The summed E-state index contributed by atoms with van der Waals surface area (Å²) in [6.45, 7) is 13.2. The number of carboxylic acid groups (broad SMARTS) is 1. The van der Waals surface area contributed by atoms with Gasteiger partial charge >= 0.3 is 12.1 Å². The van der Waals surface area contributed by atoms with E-state index < -0.39 is 23.5 Å². The Morgan fingerprint density at radius 2 is 1.74 bits per heavy atom. The van der Waals surface area contributed by atoms with Crippen LogP contribution in [0, 0.1) is 23.2 Å². The number of aliphatic carboxylic acids is 1. The van der Waals surface area contributed by atoms with Crippen molar-refractivity contribution in [2.24, 2.45) is 23.2 Å². The minimum atomic E-state index is -0.864. The average Bonchev–Trinajstić information content (AvgIpc) is 2.68. The number of rotatable bonds is 14. The SMILES string of the molecule is CCCCOC(=O)OCC1(CC(C)C)C(CCCC(C)C)=C(CCC)C=CC1C(=O)O. The zero-order chi connectivity index (χ0) is 23.4. The van der Waals surface area contributed by atoms with Gasteiger partial charge in [0.05, 0.1) is 12.5 Å². The van der Waals surface area contributed by atoms with E-state index in [2.05, 4.69) is 34.6 Å². The van der Waals surface area contributed by atoms with Gasteiger partial charge in [-0.3, -0.25) is 4.79 Å². The Bertz CT molecular complexity index is 632. The normalized spacial score (nSPS) is 21.1. The summed E-state index contributed by atoms with van der Waals surface area (Å²) in [5, 5.41) is 10.1. The Morgan fingerprint density at radius 1 is 1.03 bits per heavy atom. The van der Waals surface area contributed by atoms with Crippen LogP contribution in [0.4, 0.5) is 4.79 Å². The van der Waals surface area contributed by atoms with Crippen molar-refractivity contribution in [1.82, 2.24) is 0 Å². The maximum atomic E-state index is 12.4. The molecule has 0 aromatic carbocycles. The Kier molecular flexibility index (Phi) is 12.0. The van der Waals surface area contributed by atoms with Crippen molar-refractivity contribution in [1.29, 1.82) is 0 Å². The van der Waals surface area contributed by atoms with E-state index >= 15 is 0 Å². The monoisotopic (exact) mass is 436 g/mol. The van der Waals surface area contributed by atoms with Crippen LogP contribution in [-0.2, 0) is 14.3 Å². The van der Waals surface area contributed by atoms with Crippen LogP contribution in [0.15, 0.2) is 23.3 Å². The van der Waals surface area contributed by atoms with E-state index in [0.29, 0.717) is 18.9 Å². The molecule has 0 aromatic rings. The highest BCUT2D eigenvalue weighted by atomic mass is 16.7. The van der Waals surface area contributed by atoms with E-state index in [0.717, 1.165) is 44.9 Å². The fourth-order valence-electron chi connectivity index (χ4n) is 4.67. The molecule has 0 radical (unpaired) electrons. The summed E-state index contributed by atoms with van der Waals surface area (Å²) < 4.78 is 10.8. The molecular weight excluding hydrogens is 392 g/mol. The zero-order valence-corrected chi connectivity index (χ0v) is 20.5. The molecule has 1 aliphatic rings. The summed E-state index contributed by atoms with van der Waals surface area (Å²) >= 11 is 0. The number of unbranched alkanes of at least 4 members (excludes halogenated alkanes) is 1. The standard InChI is InChI=1S/C26H44O5/c1-7-9-16-30-25(29)31-18-26(17-20(5)6)22(13-10-12-19(3)4)21(11-8-2)14-15-23(26)24(27)28/h14-15,19-20,23H,7-13,16-18H2,1-6H3,(H,27,28). The second-order valence-corrected chi connectivity index (χ2v) is 9.71.